The molecule has 1 N–H and O–H groups in total. The molecule has 3 aromatic carbocycles. The summed E-state index contributed by atoms with van der Waals surface area (Å²) >= 11 is 1.53. The van der Waals surface area contributed by atoms with Gasteiger partial charge in [-0.25, -0.2) is 0 Å². The third kappa shape index (κ3) is 5.93. The molecule has 0 spiro atoms. The van der Waals surface area contributed by atoms with E-state index in [1.54, 1.807) is 24.3 Å². The number of esters is 1. The quantitative estimate of drug-likeness (QED) is 0.507. The summed E-state index contributed by atoms with van der Waals surface area (Å²) in [6.45, 7) is -0.331. The van der Waals surface area contributed by atoms with Gasteiger partial charge in [-0.2, -0.15) is 0 Å². The second kappa shape index (κ2) is 10.7. The van der Waals surface area contributed by atoms with Gasteiger partial charge in [-0.1, -0.05) is 54.2 Å². The number of carbonyl (C=O) groups excluding carboxylic acids is 3. The van der Waals surface area contributed by atoms with Gasteiger partial charge in [0.05, 0.1) is 17.8 Å². The fourth-order valence-electron chi connectivity index (χ4n) is 3.28. The van der Waals surface area contributed by atoms with Crippen LogP contribution in [0.4, 0.5) is 11.4 Å². The van der Waals surface area contributed by atoms with Crippen LogP contribution in [0.1, 0.15) is 6.42 Å². The second-order valence-corrected chi connectivity index (χ2v) is 8.29. The fourth-order valence-corrected chi connectivity index (χ4v) is 4.20. The van der Waals surface area contributed by atoms with Crippen LogP contribution in [0.5, 0.6) is 5.75 Å². The molecular weight excluding hydrogens is 440 g/mol. The first-order chi connectivity index (χ1) is 16.1. The minimum atomic E-state index is -0.561. The zero-order chi connectivity index (χ0) is 23.0. The summed E-state index contributed by atoms with van der Waals surface area (Å²) in [5, 5.41) is 2.79. The first-order valence-electron chi connectivity index (χ1n) is 10.4. The van der Waals surface area contributed by atoms with E-state index in [0.717, 1.165) is 9.79 Å². The number of rotatable bonds is 8. The number of amides is 2. The van der Waals surface area contributed by atoms with Gasteiger partial charge in [-0.15, -0.1) is 0 Å². The van der Waals surface area contributed by atoms with Crippen LogP contribution in [0.3, 0.4) is 0 Å². The van der Waals surface area contributed by atoms with Crippen molar-refractivity contribution >= 4 is 40.9 Å². The molecule has 0 unspecified atom stereocenters. The van der Waals surface area contributed by atoms with E-state index in [9.17, 15) is 14.4 Å². The van der Waals surface area contributed by atoms with E-state index < -0.39 is 18.5 Å². The van der Waals surface area contributed by atoms with Crippen LogP contribution in [0.15, 0.2) is 88.7 Å². The average molecular weight is 463 g/mol. The Balaban J connectivity index is 1.28. The van der Waals surface area contributed by atoms with Crippen LogP contribution in [-0.2, 0) is 19.1 Å². The summed E-state index contributed by atoms with van der Waals surface area (Å²) in [5.41, 5.74) is 1.26. The van der Waals surface area contributed by atoms with Crippen molar-refractivity contribution in [1.82, 2.24) is 0 Å². The lowest BCUT2D eigenvalue weighted by Gasteiger charge is -2.28. The summed E-state index contributed by atoms with van der Waals surface area (Å²) in [5.74, 6) is -0.630. The molecule has 0 bridgehead atoms. The van der Waals surface area contributed by atoms with Crippen LogP contribution < -0.4 is 15.0 Å². The molecule has 1 heterocycles. The number of hydrogen-bond acceptors (Lipinski definition) is 6. The lowest BCUT2D eigenvalue weighted by Crippen LogP contribution is -2.40. The first-order valence-corrected chi connectivity index (χ1v) is 11.2. The molecule has 0 saturated carbocycles. The standard InChI is InChI=1S/C25H22N2O5S/c28-23(26-19-10-4-7-13-22(19)33-18-8-2-1-3-9-18)16-32-25(30)14-15-27-20-11-5-6-12-21(20)31-17-24(27)29/h1-13H,14-17H2,(H,26,28). The summed E-state index contributed by atoms with van der Waals surface area (Å²) in [6.07, 6.45) is -0.0339. The molecule has 0 radical (unpaired) electrons. The Kier molecular flexibility index (Phi) is 7.26. The van der Waals surface area contributed by atoms with Crippen molar-refractivity contribution in [2.24, 2.45) is 0 Å². The molecule has 1 aliphatic heterocycles. The number of hydrogen-bond donors (Lipinski definition) is 1. The minimum Gasteiger partial charge on any atom is -0.482 e. The molecular formula is C25H22N2O5S. The molecule has 1 aliphatic rings. The van der Waals surface area contributed by atoms with Crippen molar-refractivity contribution in [2.45, 2.75) is 16.2 Å². The van der Waals surface area contributed by atoms with E-state index >= 15 is 0 Å². The van der Waals surface area contributed by atoms with Gasteiger partial charge in [0.25, 0.3) is 11.8 Å². The van der Waals surface area contributed by atoms with E-state index in [0.29, 0.717) is 17.1 Å². The Morgan fingerprint density at radius 2 is 1.70 bits per heavy atom. The molecule has 3 aromatic rings. The fraction of sp³-hybridized carbons (Fsp3) is 0.160. The van der Waals surface area contributed by atoms with Gasteiger partial charge >= 0.3 is 5.97 Å². The monoisotopic (exact) mass is 462 g/mol. The molecule has 4 rings (SSSR count). The molecule has 0 aliphatic carbocycles. The highest BCUT2D eigenvalue weighted by Crippen LogP contribution is 2.33. The SMILES string of the molecule is O=C(COC(=O)CCN1C(=O)COc2ccccc21)Nc1ccccc1Sc1ccccc1. The zero-order valence-electron chi connectivity index (χ0n) is 17.7. The maximum Gasteiger partial charge on any atom is 0.308 e. The number of ether oxygens (including phenoxy) is 2. The highest BCUT2D eigenvalue weighted by atomic mass is 32.2. The van der Waals surface area contributed by atoms with E-state index in [2.05, 4.69) is 5.32 Å². The van der Waals surface area contributed by atoms with Crippen LogP contribution in [-0.4, -0.2) is 37.5 Å². The van der Waals surface area contributed by atoms with Crippen molar-refractivity contribution in [3.05, 3.63) is 78.9 Å². The van der Waals surface area contributed by atoms with E-state index in [1.807, 2.05) is 54.6 Å². The number of para-hydroxylation sites is 3. The van der Waals surface area contributed by atoms with Crippen LogP contribution in [0.25, 0.3) is 0 Å². The number of nitrogens with one attached hydrogen (secondary N) is 1. The smallest absolute Gasteiger partial charge is 0.308 e. The van der Waals surface area contributed by atoms with Gasteiger partial charge in [-0.05, 0) is 36.4 Å². The van der Waals surface area contributed by atoms with Gasteiger partial charge in [0.1, 0.15) is 5.75 Å². The molecule has 168 valence electrons. The predicted octanol–water partition coefficient (Wildman–Crippen LogP) is 4.14. The summed E-state index contributed by atoms with van der Waals surface area (Å²) in [7, 11) is 0. The molecule has 2 amide bonds. The maximum absolute atomic E-state index is 12.4. The molecule has 0 saturated heterocycles. The lowest BCUT2D eigenvalue weighted by atomic mass is 10.2. The largest absolute Gasteiger partial charge is 0.482 e. The minimum absolute atomic E-state index is 0.0339. The Hall–Kier alpha value is -3.78. The number of nitrogens with zero attached hydrogens (tertiary/aromatic N) is 1. The second-order valence-electron chi connectivity index (χ2n) is 7.17. The third-order valence-electron chi connectivity index (χ3n) is 4.84. The average Bonchev–Trinajstić information content (AvgIpc) is 2.84. The summed E-state index contributed by atoms with van der Waals surface area (Å²) in [4.78, 5) is 40.2. The van der Waals surface area contributed by atoms with Crippen molar-refractivity contribution in [2.75, 3.05) is 30.0 Å². The highest BCUT2D eigenvalue weighted by molar-refractivity contribution is 7.99. The van der Waals surface area contributed by atoms with Gasteiger partial charge in [0.2, 0.25) is 0 Å². The van der Waals surface area contributed by atoms with Crippen molar-refractivity contribution in [3.8, 4) is 5.75 Å². The maximum atomic E-state index is 12.4. The third-order valence-corrected chi connectivity index (χ3v) is 5.93. The molecule has 0 atom stereocenters. The van der Waals surface area contributed by atoms with E-state index in [1.165, 1.54) is 16.7 Å². The number of benzene rings is 3. The summed E-state index contributed by atoms with van der Waals surface area (Å²) < 4.78 is 10.5. The number of fused-ring (bicyclic) bond motifs is 1. The van der Waals surface area contributed by atoms with Crippen LogP contribution >= 0.6 is 11.8 Å². The Labute approximate surface area is 195 Å². The van der Waals surface area contributed by atoms with E-state index in [4.69, 9.17) is 9.47 Å². The Morgan fingerprint density at radius 3 is 2.55 bits per heavy atom. The molecule has 0 aromatic heterocycles. The molecule has 33 heavy (non-hydrogen) atoms. The van der Waals surface area contributed by atoms with Gasteiger partial charge in [-0.3, -0.25) is 14.4 Å². The topological polar surface area (TPSA) is 84.9 Å². The lowest BCUT2D eigenvalue weighted by molar-refractivity contribution is -0.147. The van der Waals surface area contributed by atoms with Gasteiger partial charge < -0.3 is 19.7 Å². The van der Waals surface area contributed by atoms with Crippen molar-refractivity contribution in [1.29, 1.82) is 0 Å². The van der Waals surface area contributed by atoms with Gasteiger partial charge in [0.15, 0.2) is 13.2 Å². The zero-order valence-corrected chi connectivity index (χ0v) is 18.5. The predicted molar refractivity (Wildman–Crippen MR) is 126 cm³/mol. The number of anilines is 2. The van der Waals surface area contributed by atoms with Crippen molar-refractivity contribution in [3.63, 3.8) is 0 Å². The molecule has 7 nitrogen and oxygen atoms in total. The normalized spacial score (nSPS) is 12.5. The molecule has 0 fully saturated rings. The highest BCUT2D eigenvalue weighted by Gasteiger charge is 2.25. The van der Waals surface area contributed by atoms with Gasteiger partial charge in [0, 0.05) is 16.3 Å². The van der Waals surface area contributed by atoms with Crippen LogP contribution in [0, 0.1) is 0 Å². The van der Waals surface area contributed by atoms with Crippen molar-refractivity contribution < 1.29 is 23.9 Å². The summed E-state index contributed by atoms with van der Waals surface area (Å²) in [6, 6.07) is 24.4. The van der Waals surface area contributed by atoms with Crippen LogP contribution in [0.2, 0.25) is 0 Å². The number of carbonyl (C=O) groups is 3. The Morgan fingerprint density at radius 1 is 0.970 bits per heavy atom. The van der Waals surface area contributed by atoms with E-state index in [-0.39, 0.29) is 25.5 Å². The Bertz CT molecular complexity index is 1150. The molecule has 8 heteroatoms. The first kappa shape index (κ1) is 22.4.